The van der Waals surface area contributed by atoms with E-state index < -0.39 is 0 Å². The molecule has 0 saturated heterocycles. The minimum absolute atomic E-state index is 0.101. The van der Waals surface area contributed by atoms with E-state index >= 15 is 0 Å². The van der Waals surface area contributed by atoms with Crippen LogP contribution >= 0.6 is 15.8 Å². The van der Waals surface area contributed by atoms with Gasteiger partial charge in [-0.15, -0.1) is 0 Å². The molecule has 2 fully saturated rings. The third kappa shape index (κ3) is 7.48. The maximum absolute atomic E-state index is 5.35. The Labute approximate surface area is 211 Å². The zero-order chi connectivity index (χ0) is 23.6. The summed E-state index contributed by atoms with van der Waals surface area (Å²) in [5.74, 6) is 0.573. The average Bonchev–Trinajstić information content (AvgIpc) is 2.90. The van der Waals surface area contributed by atoms with Crippen molar-refractivity contribution in [2.75, 3.05) is 12.3 Å². The normalized spacial score (nSPS) is 19.4. The lowest BCUT2D eigenvalue weighted by Crippen LogP contribution is -2.25. The fraction of sp³-hybridized carbons (Fsp3) is 0.581. The number of hydrogen-bond donors (Lipinski definition) is 0. The smallest absolute Gasteiger partial charge is 0.0563 e. The Morgan fingerprint density at radius 2 is 1.21 bits per heavy atom. The molecule has 2 aliphatic rings. The summed E-state index contributed by atoms with van der Waals surface area (Å²) in [5, 5.41) is 2.97. The predicted octanol–water partition coefficient (Wildman–Crippen LogP) is 8.36. The highest BCUT2D eigenvalue weighted by Crippen LogP contribution is 2.55. The Bertz CT molecular complexity index is 781. The molecule has 0 radical (unpaired) electrons. The van der Waals surface area contributed by atoms with Gasteiger partial charge < -0.3 is 0 Å². The van der Waals surface area contributed by atoms with Gasteiger partial charge in [-0.3, -0.25) is 4.99 Å². The molecule has 184 valence electrons. The van der Waals surface area contributed by atoms with Crippen LogP contribution in [0.1, 0.15) is 78.1 Å². The Morgan fingerprint density at radius 3 is 1.65 bits per heavy atom. The van der Waals surface area contributed by atoms with Gasteiger partial charge in [0.05, 0.1) is 6.04 Å². The summed E-state index contributed by atoms with van der Waals surface area (Å²) in [4.78, 5) is 5.35. The molecular formula is C31H45NP2. The number of benzene rings is 2. The minimum atomic E-state index is -0.387. The lowest BCUT2D eigenvalue weighted by atomic mass is 9.99. The average molecular weight is 494 g/mol. The van der Waals surface area contributed by atoms with E-state index in [1.165, 1.54) is 81.0 Å². The third-order valence-electron chi connectivity index (χ3n) is 7.95. The van der Waals surface area contributed by atoms with Crippen molar-refractivity contribution in [1.29, 1.82) is 0 Å². The molecule has 2 aliphatic carbocycles. The molecule has 0 unspecified atom stereocenters. The molecule has 4 rings (SSSR count). The Balaban J connectivity index is 1.48. The van der Waals surface area contributed by atoms with Gasteiger partial charge in [0.2, 0.25) is 0 Å². The van der Waals surface area contributed by atoms with Crippen molar-refractivity contribution < 1.29 is 0 Å². The second-order valence-corrected chi connectivity index (χ2v) is 15.8. The van der Waals surface area contributed by atoms with Crippen molar-refractivity contribution in [1.82, 2.24) is 0 Å². The lowest BCUT2D eigenvalue weighted by molar-refractivity contribution is 0.485. The summed E-state index contributed by atoms with van der Waals surface area (Å²) in [7, 11) is -0.286. The van der Waals surface area contributed by atoms with Gasteiger partial charge in [-0.2, -0.15) is 0 Å². The molecule has 34 heavy (non-hydrogen) atoms. The molecule has 0 amide bonds. The van der Waals surface area contributed by atoms with Crippen LogP contribution in [0.25, 0.3) is 0 Å². The van der Waals surface area contributed by atoms with Crippen molar-refractivity contribution in [2.45, 2.75) is 95.4 Å². The van der Waals surface area contributed by atoms with Crippen molar-refractivity contribution >= 4 is 32.7 Å². The van der Waals surface area contributed by atoms with Gasteiger partial charge in [0.25, 0.3) is 0 Å². The van der Waals surface area contributed by atoms with E-state index in [-0.39, 0.29) is 15.8 Å². The van der Waals surface area contributed by atoms with E-state index in [0.29, 0.717) is 12.0 Å². The van der Waals surface area contributed by atoms with Crippen LogP contribution in [0.4, 0.5) is 0 Å². The Morgan fingerprint density at radius 1 is 0.735 bits per heavy atom. The molecule has 0 heterocycles. The summed E-state index contributed by atoms with van der Waals surface area (Å²) >= 11 is 0. The van der Waals surface area contributed by atoms with Crippen molar-refractivity contribution in [3.8, 4) is 0 Å². The van der Waals surface area contributed by atoms with Crippen LogP contribution in [-0.2, 0) is 0 Å². The highest BCUT2D eigenvalue weighted by molar-refractivity contribution is 7.73. The van der Waals surface area contributed by atoms with Crippen LogP contribution in [0.3, 0.4) is 0 Å². The first-order valence-electron chi connectivity index (χ1n) is 13.9. The topological polar surface area (TPSA) is 12.4 Å². The van der Waals surface area contributed by atoms with E-state index in [2.05, 4.69) is 80.7 Å². The number of nitrogens with zero attached hydrogens (tertiary/aromatic N) is 1. The monoisotopic (exact) mass is 493 g/mol. The van der Waals surface area contributed by atoms with Gasteiger partial charge in [0.1, 0.15) is 0 Å². The van der Waals surface area contributed by atoms with Crippen LogP contribution in [-0.4, -0.2) is 35.9 Å². The number of rotatable bonds is 10. The summed E-state index contributed by atoms with van der Waals surface area (Å²) in [5.41, 5.74) is 2.03. The fourth-order valence-electron chi connectivity index (χ4n) is 5.89. The number of hydrogen-bond acceptors (Lipinski definition) is 1. The van der Waals surface area contributed by atoms with Gasteiger partial charge >= 0.3 is 0 Å². The van der Waals surface area contributed by atoms with Crippen molar-refractivity contribution in [2.24, 2.45) is 10.9 Å². The van der Waals surface area contributed by atoms with E-state index in [9.17, 15) is 0 Å². The van der Waals surface area contributed by atoms with Crippen molar-refractivity contribution in [3.63, 3.8) is 0 Å². The Hall–Kier alpha value is -1.03. The van der Waals surface area contributed by atoms with E-state index in [1.807, 2.05) is 0 Å². The quantitative estimate of drug-likeness (QED) is 0.233. The molecular weight excluding hydrogens is 448 g/mol. The maximum Gasteiger partial charge on any atom is 0.0563 e. The first-order chi connectivity index (χ1) is 16.7. The largest absolute Gasteiger partial charge is 0.293 e. The van der Waals surface area contributed by atoms with Gasteiger partial charge in [-0.25, -0.2) is 0 Å². The molecule has 0 N–H and O–H groups in total. The molecule has 0 spiro atoms. The summed E-state index contributed by atoms with van der Waals surface area (Å²) < 4.78 is 0. The van der Waals surface area contributed by atoms with E-state index in [0.717, 1.165) is 17.5 Å². The van der Waals surface area contributed by atoms with Gasteiger partial charge in [-0.1, -0.05) is 121 Å². The first-order valence-corrected chi connectivity index (χ1v) is 17.1. The van der Waals surface area contributed by atoms with Crippen LogP contribution in [0.15, 0.2) is 65.7 Å². The zero-order valence-corrected chi connectivity index (χ0v) is 23.3. The second-order valence-electron chi connectivity index (χ2n) is 10.7. The van der Waals surface area contributed by atoms with Crippen LogP contribution in [0, 0.1) is 5.92 Å². The molecule has 1 nitrogen and oxygen atoms in total. The van der Waals surface area contributed by atoms with E-state index in [1.54, 1.807) is 0 Å². The zero-order valence-electron chi connectivity index (χ0n) is 21.5. The molecule has 3 heteroatoms. The molecule has 0 bridgehead atoms. The number of aliphatic imine (C=N–C) groups is 1. The highest BCUT2D eigenvalue weighted by atomic mass is 31.1. The predicted molar refractivity (Wildman–Crippen MR) is 157 cm³/mol. The molecule has 1 atom stereocenters. The summed E-state index contributed by atoms with van der Waals surface area (Å²) in [6.45, 7) is 4.74. The minimum Gasteiger partial charge on any atom is -0.293 e. The van der Waals surface area contributed by atoms with Crippen LogP contribution in [0.5, 0.6) is 0 Å². The molecule has 0 aliphatic heterocycles. The first kappa shape index (κ1) is 26.0. The standard InChI is InChI=1S/C31H45NP2/c1-26(2)31(25-34(29-19-11-5-12-20-29)30-21-13-6-14-22-30)32-23-24-33(27-15-7-3-8-16-27)28-17-9-4-10-18-28/h5-6,11-14,19-23,26-28,31H,3-4,7-10,15-18,24-25H2,1-2H3/t31-/m1/s1. The highest BCUT2D eigenvalue weighted by Gasteiger charge is 2.30. The molecule has 0 aromatic heterocycles. The molecule has 2 aromatic rings. The van der Waals surface area contributed by atoms with Gasteiger partial charge in [0, 0.05) is 12.4 Å². The van der Waals surface area contributed by atoms with Gasteiger partial charge in [0.15, 0.2) is 0 Å². The van der Waals surface area contributed by atoms with Crippen molar-refractivity contribution in [3.05, 3.63) is 60.7 Å². The third-order valence-corrected chi connectivity index (χ3v) is 14.0. The van der Waals surface area contributed by atoms with Crippen LogP contribution < -0.4 is 10.6 Å². The maximum atomic E-state index is 5.35. The SMILES string of the molecule is CC(C)[C@@H](CP(c1ccccc1)c1ccccc1)N=CCP(C1CCCCC1)C1CCCCC1. The molecule has 2 aromatic carbocycles. The summed E-state index contributed by atoms with van der Waals surface area (Å²) in [6.07, 6.45) is 19.7. The van der Waals surface area contributed by atoms with E-state index in [4.69, 9.17) is 4.99 Å². The Kier molecular flexibility index (Phi) is 10.6. The fourth-order valence-corrected chi connectivity index (χ4v) is 12.1. The van der Waals surface area contributed by atoms with Crippen LogP contribution in [0.2, 0.25) is 0 Å². The lowest BCUT2D eigenvalue weighted by Gasteiger charge is -2.38. The summed E-state index contributed by atoms with van der Waals surface area (Å²) in [6, 6.07) is 22.8. The van der Waals surface area contributed by atoms with Gasteiger partial charge in [-0.05, 0) is 67.6 Å². The second kappa shape index (κ2) is 13.9. The molecule has 2 saturated carbocycles.